The molecule has 11 rings (SSSR count). The number of aryl methyl sites for hydroxylation is 1. The predicted molar refractivity (Wildman–Crippen MR) is 248 cm³/mol. The lowest BCUT2D eigenvalue weighted by Crippen LogP contribution is -2.28. The Kier molecular flexibility index (Phi) is 8.70. The van der Waals surface area contributed by atoms with Crippen LogP contribution in [0, 0.1) is 18.8 Å². The zero-order valence-corrected chi connectivity index (χ0v) is 34.4. The summed E-state index contributed by atoms with van der Waals surface area (Å²) in [6.07, 6.45) is 5.57. The second-order valence-electron chi connectivity index (χ2n) is 17.9. The van der Waals surface area contributed by atoms with E-state index in [1.807, 2.05) is 0 Å². The molecule has 1 heteroatoms. The Labute approximate surface area is 350 Å². The van der Waals surface area contributed by atoms with Crippen LogP contribution in [0.4, 0.5) is 17.1 Å². The van der Waals surface area contributed by atoms with E-state index in [1.165, 1.54) is 109 Å². The third-order valence-corrected chi connectivity index (χ3v) is 14.3. The molecule has 0 amide bonds. The summed E-state index contributed by atoms with van der Waals surface area (Å²) in [4.78, 5) is 2.57. The highest BCUT2D eigenvalue weighted by Crippen LogP contribution is 2.59. The van der Waals surface area contributed by atoms with Gasteiger partial charge in [-0.3, -0.25) is 0 Å². The molecule has 1 nitrogen and oxygen atoms in total. The van der Waals surface area contributed by atoms with Gasteiger partial charge in [-0.25, -0.2) is 0 Å². The molecule has 3 atom stereocenters. The fourth-order valence-corrected chi connectivity index (χ4v) is 11.7. The van der Waals surface area contributed by atoms with Crippen LogP contribution in [-0.2, 0) is 5.41 Å². The molecule has 288 valence electrons. The van der Waals surface area contributed by atoms with Gasteiger partial charge in [-0.15, -0.1) is 0 Å². The molecule has 0 N–H and O–H groups in total. The first-order valence-corrected chi connectivity index (χ1v) is 21.9. The smallest absolute Gasteiger partial charge is 0.0714 e. The van der Waals surface area contributed by atoms with Crippen molar-refractivity contribution in [3.05, 3.63) is 221 Å². The van der Waals surface area contributed by atoms with Crippen molar-refractivity contribution in [3.63, 3.8) is 0 Å². The van der Waals surface area contributed by atoms with Gasteiger partial charge in [0, 0.05) is 16.9 Å². The summed E-state index contributed by atoms with van der Waals surface area (Å²) >= 11 is 0. The van der Waals surface area contributed by atoms with E-state index in [-0.39, 0.29) is 0 Å². The average Bonchev–Trinajstić information content (AvgIpc) is 4.00. The topological polar surface area (TPSA) is 3.24 Å². The number of anilines is 3. The minimum atomic E-state index is -0.497. The Morgan fingerprint density at radius 1 is 0.525 bits per heavy atom. The van der Waals surface area contributed by atoms with Crippen molar-refractivity contribution in [2.75, 3.05) is 4.90 Å². The molecule has 0 radical (unpaired) electrons. The molecular formula is C58H51N. The summed E-state index contributed by atoms with van der Waals surface area (Å²) < 4.78 is 0. The maximum atomic E-state index is 2.57. The van der Waals surface area contributed by atoms with E-state index in [0.717, 1.165) is 17.5 Å². The Bertz CT molecular complexity index is 2790. The van der Waals surface area contributed by atoms with Crippen LogP contribution in [0.5, 0.6) is 0 Å². The minimum Gasteiger partial charge on any atom is -0.310 e. The van der Waals surface area contributed by atoms with Crippen LogP contribution in [0.25, 0.3) is 33.0 Å². The van der Waals surface area contributed by atoms with Gasteiger partial charge in [-0.2, -0.15) is 0 Å². The van der Waals surface area contributed by atoms with Crippen molar-refractivity contribution in [2.45, 2.75) is 63.7 Å². The Hall–Kier alpha value is -6.18. The SMILES string of the molecule is Cc1cccc2c1-c1ccc(N(c3ccc(C4CC5CCC4C5)cc3)c3cc4ccccc4cc3-c3ccccc3C(C)C)cc1C2(c1ccccc1)c1ccccc1. The number of hydrogen-bond donors (Lipinski definition) is 0. The van der Waals surface area contributed by atoms with Gasteiger partial charge in [-0.05, 0) is 153 Å². The van der Waals surface area contributed by atoms with Crippen molar-refractivity contribution >= 4 is 27.8 Å². The number of hydrogen-bond acceptors (Lipinski definition) is 1. The Morgan fingerprint density at radius 2 is 1.19 bits per heavy atom. The summed E-state index contributed by atoms with van der Waals surface area (Å²) in [5.74, 6) is 2.81. The normalized spacial score (nSPS) is 18.6. The summed E-state index contributed by atoms with van der Waals surface area (Å²) in [6, 6.07) is 69.2. The zero-order valence-electron chi connectivity index (χ0n) is 34.4. The fraction of sp³-hybridized carbons (Fsp3) is 0.207. The van der Waals surface area contributed by atoms with Gasteiger partial charge < -0.3 is 4.90 Å². The molecule has 8 aromatic rings. The van der Waals surface area contributed by atoms with Gasteiger partial charge in [0.25, 0.3) is 0 Å². The molecule has 0 aromatic heterocycles. The molecule has 3 aliphatic carbocycles. The molecule has 2 bridgehead atoms. The molecular weight excluding hydrogens is 711 g/mol. The predicted octanol–water partition coefficient (Wildman–Crippen LogP) is 15.7. The number of nitrogens with zero attached hydrogens (tertiary/aromatic N) is 1. The molecule has 0 spiro atoms. The summed E-state index contributed by atoms with van der Waals surface area (Å²) in [6.45, 7) is 6.91. The second-order valence-corrected chi connectivity index (χ2v) is 17.9. The van der Waals surface area contributed by atoms with Crippen molar-refractivity contribution in [3.8, 4) is 22.3 Å². The zero-order chi connectivity index (χ0) is 39.7. The average molecular weight is 762 g/mol. The van der Waals surface area contributed by atoms with Gasteiger partial charge in [0.1, 0.15) is 0 Å². The number of benzene rings is 8. The summed E-state index contributed by atoms with van der Waals surface area (Å²) in [5, 5.41) is 2.49. The highest BCUT2D eigenvalue weighted by Gasteiger charge is 2.47. The lowest BCUT2D eigenvalue weighted by atomic mass is 9.67. The molecule has 0 aliphatic heterocycles. The maximum Gasteiger partial charge on any atom is 0.0714 e. The first-order chi connectivity index (χ1) is 29.0. The van der Waals surface area contributed by atoms with E-state index in [2.05, 4.69) is 208 Å². The van der Waals surface area contributed by atoms with E-state index in [0.29, 0.717) is 11.8 Å². The van der Waals surface area contributed by atoms with Crippen molar-refractivity contribution in [2.24, 2.45) is 11.8 Å². The van der Waals surface area contributed by atoms with E-state index < -0.39 is 5.41 Å². The van der Waals surface area contributed by atoms with Crippen LogP contribution in [0.15, 0.2) is 182 Å². The van der Waals surface area contributed by atoms with Crippen molar-refractivity contribution < 1.29 is 0 Å². The van der Waals surface area contributed by atoms with Gasteiger partial charge >= 0.3 is 0 Å². The van der Waals surface area contributed by atoms with Gasteiger partial charge in [0.2, 0.25) is 0 Å². The molecule has 8 aromatic carbocycles. The lowest BCUT2D eigenvalue weighted by Gasteiger charge is -2.35. The van der Waals surface area contributed by atoms with Crippen molar-refractivity contribution in [1.82, 2.24) is 0 Å². The Balaban J connectivity index is 1.19. The third kappa shape index (κ3) is 5.73. The maximum absolute atomic E-state index is 2.57. The second kappa shape index (κ2) is 14.3. The van der Waals surface area contributed by atoms with Crippen LogP contribution < -0.4 is 4.90 Å². The highest BCUT2D eigenvalue weighted by molar-refractivity contribution is 6.00. The van der Waals surface area contributed by atoms with Crippen LogP contribution in [0.3, 0.4) is 0 Å². The monoisotopic (exact) mass is 761 g/mol. The van der Waals surface area contributed by atoms with Gasteiger partial charge in [0.15, 0.2) is 0 Å². The van der Waals surface area contributed by atoms with Crippen LogP contribution in [0.2, 0.25) is 0 Å². The highest BCUT2D eigenvalue weighted by atomic mass is 15.1. The van der Waals surface area contributed by atoms with Gasteiger partial charge in [-0.1, -0.05) is 166 Å². The summed E-state index contributed by atoms with van der Waals surface area (Å²) in [7, 11) is 0. The Morgan fingerprint density at radius 3 is 1.86 bits per heavy atom. The quantitative estimate of drug-likeness (QED) is 0.149. The van der Waals surface area contributed by atoms with Crippen LogP contribution >= 0.6 is 0 Å². The first kappa shape index (κ1) is 35.9. The standard InChI is InChI=1S/C58H51N/c1-38(2)49-22-12-13-23-50(49)53-35-42-16-10-11-17-43(42)36-56(53)59(47-29-27-41(28-30-47)52-34-40-25-26-44(52)33-40)48-31-32-51-55(37-48)58(45-18-6-4-7-19-45,46-20-8-5-9-21-46)54-24-14-15-39(3)57(51)54/h4-24,27-32,35-38,40,44,52H,25-26,33-34H2,1-3H3. The molecule has 2 saturated carbocycles. The van der Waals surface area contributed by atoms with E-state index in [9.17, 15) is 0 Å². The number of rotatable bonds is 8. The third-order valence-electron chi connectivity index (χ3n) is 14.3. The first-order valence-electron chi connectivity index (χ1n) is 21.9. The minimum absolute atomic E-state index is 0.374. The molecule has 3 aliphatic rings. The molecule has 59 heavy (non-hydrogen) atoms. The van der Waals surface area contributed by atoms with E-state index >= 15 is 0 Å². The van der Waals surface area contributed by atoms with Crippen LogP contribution in [-0.4, -0.2) is 0 Å². The van der Waals surface area contributed by atoms with Crippen LogP contribution in [0.1, 0.15) is 90.3 Å². The van der Waals surface area contributed by atoms with Gasteiger partial charge in [0.05, 0.1) is 11.1 Å². The summed E-state index contributed by atoms with van der Waals surface area (Å²) in [5.41, 5.74) is 17.7. The fourth-order valence-electron chi connectivity index (χ4n) is 11.7. The lowest BCUT2D eigenvalue weighted by molar-refractivity contribution is 0.420. The molecule has 3 unspecified atom stereocenters. The van der Waals surface area contributed by atoms with E-state index in [4.69, 9.17) is 0 Å². The number of fused-ring (bicyclic) bond motifs is 6. The molecule has 0 heterocycles. The largest absolute Gasteiger partial charge is 0.310 e. The molecule has 2 fully saturated rings. The van der Waals surface area contributed by atoms with Crippen molar-refractivity contribution in [1.29, 1.82) is 0 Å². The van der Waals surface area contributed by atoms with E-state index in [1.54, 1.807) is 0 Å². The molecule has 0 saturated heterocycles.